The molecule has 10 nitrogen and oxygen atoms in total. The van der Waals surface area contributed by atoms with Gasteiger partial charge in [0.2, 0.25) is 0 Å². The Bertz CT molecular complexity index is 1460. The number of nitrogens with one attached hydrogen (secondary N) is 1. The van der Waals surface area contributed by atoms with Gasteiger partial charge in [-0.1, -0.05) is 18.2 Å². The quantitative estimate of drug-likeness (QED) is 0.262. The van der Waals surface area contributed by atoms with Gasteiger partial charge in [-0.2, -0.15) is 31.4 Å². The van der Waals surface area contributed by atoms with Crippen molar-refractivity contribution in [2.75, 3.05) is 14.2 Å². The third-order valence-corrected chi connectivity index (χ3v) is 5.79. The number of carbonyl (C=O) groups excluding carboxylic acids is 1. The number of carbonyl (C=O) groups is 3. The van der Waals surface area contributed by atoms with E-state index < -0.39 is 24.3 Å². The number of amides is 1. The van der Waals surface area contributed by atoms with Gasteiger partial charge in [0.1, 0.15) is 5.75 Å². The van der Waals surface area contributed by atoms with Crippen LogP contribution in [0.5, 0.6) is 5.75 Å². The van der Waals surface area contributed by atoms with Crippen LogP contribution in [0.15, 0.2) is 54.9 Å². The Hall–Kier alpha value is -4.67. The van der Waals surface area contributed by atoms with Gasteiger partial charge >= 0.3 is 24.3 Å². The lowest BCUT2D eigenvalue weighted by molar-refractivity contribution is -0.193. The van der Waals surface area contributed by atoms with E-state index in [0.29, 0.717) is 11.6 Å². The lowest BCUT2D eigenvalue weighted by atomic mass is 10.1. The number of benzene rings is 2. The summed E-state index contributed by atoms with van der Waals surface area (Å²) < 4.78 is 69.7. The van der Waals surface area contributed by atoms with Crippen molar-refractivity contribution in [3.8, 4) is 16.9 Å². The molecule has 41 heavy (non-hydrogen) atoms. The lowest BCUT2D eigenvalue weighted by Gasteiger charge is -2.16. The number of halogens is 6. The molecular formula is C24H20F6N4O6S. The second-order valence-corrected chi connectivity index (χ2v) is 8.84. The van der Waals surface area contributed by atoms with E-state index in [0.717, 1.165) is 32.7 Å². The molecule has 0 spiro atoms. The van der Waals surface area contributed by atoms with Crippen LogP contribution < -0.4 is 4.74 Å². The predicted octanol–water partition coefficient (Wildman–Crippen LogP) is 5.23. The van der Waals surface area contributed by atoms with E-state index in [4.69, 9.17) is 24.5 Å². The highest BCUT2D eigenvalue weighted by molar-refractivity contribution is 7.20. The fourth-order valence-electron chi connectivity index (χ4n) is 2.88. The molecule has 2 aromatic heterocycles. The summed E-state index contributed by atoms with van der Waals surface area (Å²) in [6.07, 6.45) is -6.55. The van der Waals surface area contributed by atoms with E-state index in [1.54, 1.807) is 25.3 Å². The molecule has 0 unspecified atom stereocenters. The number of hydrogen-bond acceptors (Lipinski definition) is 7. The van der Waals surface area contributed by atoms with Crippen LogP contribution in [0.2, 0.25) is 0 Å². The van der Waals surface area contributed by atoms with Crippen molar-refractivity contribution in [1.82, 2.24) is 20.1 Å². The molecule has 0 radical (unpaired) electrons. The maximum atomic E-state index is 12.8. The molecular weight excluding hydrogens is 586 g/mol. The number of fused-ring (bicyclic) bond motifs is 1. The number of methoxy groups -OCH3 is 1. The summed E-state index contributed by atoms with van der Waals surface area (Å²) in [6, 6.07) is 13.7. The number of alkyl halides is 6. The summed E-state index contributed by atoms with van der Waals surface area (Å²) in [7, 11) is 3.41. The molecule has 0 bridgehead atoms. The number of rotatable bonds is 5. The van der Waals surface area contributed by atoms with Gasteiger partial charge in [0, 0.05) is 25.4 Å². The van der Waals surface area contributed by atoms with Crippen LogP contribution >= 0.6 is 11.3 Å². The topological polar surface area (TPSA) is 146 Å². The van der Waals surface area contributed by atoms with E-state index in [-0.39, 0.29) is 5.91 Å². The minimum atomic E-state index is -5.08. The van der Waals surface area contributed by atoms with Crippen molar-refractivity contribution in [2.45, 2.75) is 18.9 Å². The molecule has 0 atom stereocenters. The Morgan fingerprint density at radius 3 is 2.10 bits per heavy atom. The van der Waals surface area contributed by atoms with Gasteiger partial charge in [-0.15, -0.1) is 11.3 Å². The number of thiazole rings is 1. The zero-order valence-electron chi connectivity index (χ0n) is 20.9. The molecule has 17 heteroatoms. The van der Waals surface area contributed by atoms with Crippen molar-refractivity contribution in [3.63, 3.8) is 0 Å². The Morgan fingerprint density at radius 1 is 0.976 bits per heavy atom. The summed E-state index contributed by atoms with van der Waals surface area (Å²) in [5.41, 5.74) is 3.89. The van der Waals surface area contributed by atoms with Crippen LogP contribution in [0.1, 0.15) is 15.4 Å². The minimum Gasteiger partial charge on any atom is -0.497 e. The van der Waals surface area contributed by atoms with E-state index in [9.17, 15) is 31.1 Å². The number of aliphatic carboxylic acids is 2. The van der Waals surface area contributed by atoms with Crippen molar-refractivity contribution < 1.29 is 55.7 Å². The molecule has 0 saturated carbocycles. The zero-order valence-corrected chi connectivity index (χ0v) is 21.8. The monoisotopic (exact) mass is 606 g/mol. The summed E-state index contributed by atoms with van der Waals surface area (Å²) in [5.74, 6) is -4.83. The second kappa shape index (κ2) is 13.6. The van der Waals surface area contributed by atoms with Crippen molar-refractivity contribution in [3.05, 3.63) is 65.4 Å². The summed E-state index contributed by atoms with van der Waals surface area (Å²) in [4.78, 5) is 36.8. The van der Waals surface area contributed by atoms with Crippen LogP contribution in [-0.2, 0) is 16.1 Å². The number of H-pyrrole nitrogens is 1. The first kappa shape index (κ1) is 32.5. The third-order valence-electron chi connectivity index (χ3n) is 4.79. The average molecular weight is 607 g/mol. The zero-order chi connectivity index (χ0) is 31.0. The SMILES string of the molecule is COc1cccc(CN(C)C(=O)c2nc3ccc(-c4cn[nH]c4)cc3s2)c1.O=C(O)C(F)(F)F.O=C(O)C(F)(F)F. The van der Waals surface area contributed by atoms with Crippen LogP contribution in [0.3, 0.4) is 0 Å². The first-order chi connectivity index (χ1) is 19.0. The smallest absolute Gasteiger partial charge is 0.490 e. The summed E-state index contributed by atoms with van der Waals surface area (Å²) in [5, 5.41) is 21.5. The van der Waals surface area contributed by atoms with Gasteiger partial charge in [-0.25, -0.2) is 14.6 Å². The van der Waals surface area contributed by atoms with Crippen LogP contribution in [0.25, 0.3) is 21.3 Å². The van der Waals surface area contributed by atoms with Gasteiger partial charge in [0.15, 0.2) is 5.01 Å². The molecule has 220 valence electrons. The highest BCUT2D eigenvalue weighted by Gasteiger charge is 2.38. The number of aromatic amines is 1. The second-order valence-electron chi connectivity index (χ2n) is 7.81. The maximum absolute atomic E-state index is 12.8. The van der Waals surface area contributed by atoms with Gasteiger partial charge in [-0.3, -0.25) is 9.89 Å². The summed E-state index contributed by atoms with van der Waals surface area (Å²) >= 11 is 1.41. The molecule has 0 saturated heterocycles. The standard InChI is InChI=1S/C20H18N4O2S.2C2HF3O2/c1-24(12-13-4-3-5-16(8-13)26-2)20(25)19-23-17-7-6-14(9-18(17)27-19)15-10-21-22-11-15;2*3-2(4,5)1(6)7/h3-11H,12H2,1-2H3,(H,21,22);2*(H,6,7). The van der Waals surface area contributed by atoms with Crippen molar-refractivity contribution in [2.24, 2.45) is 0 Å². The van der Waals surface area contributed by atoms with Gasteiger partial charge < -0.3 is 19.8 Å². The number of nitrogens with zero attached hydrogens (tertiary/aromatic N) is 3. The fourth-order valence-corrected chi connectivity index (χ4v) is 3.88. The molecule has 0 aliphatic heterocycles. The van der Waals surface area contributed by atoms with Gasteiger partial charge in [0.05, 0.1) is 23.5 Å². The van der Waals surface area contributed by atoms with Crippen LogP contribution in [0.4, 0.5) is 26.3 Å². The number of aromatic nitrogens is 3. The molecule has 1 amide bonds. The number of ether oxygens (including phenoxy) is 1. The fraction of sp³-hybridized carbons (Fsp3) is 0.208. The molecule has 2 aromatic carbocycles. The Balaban J connectivity index is 0.000000349. The van der Waals surface area contributed by atoms with E-state index in [2.05, 4.69) is 15.2 Å². The molecule has 0 fully saturated rings. The van der Waals surface area contributed by atoms with Crippen LogP contribution in [0, 0.1) is 0 Å². The number of carboxylic acid groups (broad SMARTS) is 2. The summed E-state index contributed by atoms with van der Waals surface area (Å²) in [6.45, 7) is 0.492. The number of hydrogen-bond donors (Lipinski definition) is 3. The maximum Gasteiger partial charge on any atom is 0.490 e. The van der Waals surface area contributed by atoms with Gasteiger partial charge in [-0.05, 0) is 35.4 Å². The Labute approximate surface area is 230 Å². The average Bonchev–Trinajstić information content (AvgIpc) is 3.58. The van der Waals surface area contributed by atoms with Crippen molar-refractivity contribution in [1.29, 1.82) is 0 Å². The Morgan fingerprint density at radius 2 is 1.59 bits per heavy atom. The molecule has 2 heterocycles. The van der Waals surface area contributed by atoms with Crippen molar-refractivity contribution >= 4 is 39.4 Å². The highest BCUT2D eigenvalue weighted by atomic mass is 32.1. The highest BCUT2D eigenvalue weighted by Crippen LogP contribution is 2.28. The molecule has 3 N–H and O–H groups in total. The molecule has 0 aliphatic rings. The Kier molecular flexibility index (Phi) is 10.8. The van der Waals surface area contributed by atoms with E-state index >= 15 is 0 Å². The molecule has 4 rings (SSSR count). The minimum absolute atomic E-state index is 0.0936. The normalized spacial score (nSPS) is 11.0. The predicted molar refractivity (Wildman–Crippen MR) is 133 cm³/mol. The van der Waals surface area contributed by atoms with Crippen LogP contribution in [-0.4, -0.2) is 74.7 Å². The first-order valence-corrected chi connectivity index (χ1v) is 11.7. The van der Waals surface area contributed by atoms with E-state index in [1.165, 1.54) is 11.3 Å². The van der Waals surface area contributed by atoms with Gasteiger partial charge in [0.25, 0.3) is 5.91 Å². The molecule has 0 aliphatic carbocycles. The third kappa shape index (κ3) is 9.79. The lowest BCUT2D eigenvalue weighted by Crippen LogP contribution is -2.26. The number of carboxylic acids is 2. The first-order valence-electron chi connectivity index (χ1n) is 10.9. The van der Waals surface area contributed by atoms with E-state index in [1.807, 2.05) is 48.7 Å². The molecule has 4 aromatic rings. The largest absolute Gasteiger partial charge is 0.497 e.